The molecule has 1 aliphatic carbocycles. The second kappa shape index (κ2) is 37.7. The molecule has 0 bridgehead atoms. The number of hydroxylamine groups is 2. The minimum Gasteiger partial charge on any atom is -0.457 e. The van der Waals surface area contributed by atoms with Crippen molar-refractivity contribution in [2.24, 2.45) is 0 Å². The van der Waals surface area contributed by atoms with Crippen LogP contribution in [0.1, 0.15) is 116 Å². The molecule has 27 nitrogen and oxygen atoms in total. The minimum atomic E-state index is -5.11. The molecule has 0 saturated carbocycles. The van der Waals surface area contributed by atoms with Gasteiger partial charge in [0.2, 0.25) is 5.69 Å². The third-order valence-electron chi connectivity index (χ3n) is 16.3. The van der Waals surface area contributed by atoms with Crippen molar-refractivity contribution >= 4 is 112 Å². The van der Waals surface area contributed by atoms with Crippen LogP contribution in [0.15, 0.2) is 128 Å². The summed E-state index contributed by atoms with van der Waals surface area (Å²) in [6.07, 6.45) is 9.08. The van der Waals surface area contributed by atoms with Crippen LogP contribution in [0.4, 0.5) is 17.1 Å². The number of allylic oxidation sites excluding steroid dienone is 7. The SMILES string of the molecule is CC1(C)C(/C=C/C2=C(Oc3ccc(S(=O)(=O)O)cc3)C(=C/C=C3/N(CCCS(=O)(=O)O)c4ccc(N(CCCS(=O)(=O)O)CCCS(=O)(=O)O)cc4C3(C)C)/CCC2)=[N+](CCCCCC(=O)ON2C(=O)CCC2=O)c2ccc3c(S(=O)(=O)O)cc(S(=O)(=O)O)cc3c21.[Na+].[Na+].[Na+].[Na+].[Na+].[Na+]. The van der Waals surface area contributed by atoms with E-state index >= 15 is 0 Å². The van der Waals surface area contributed by atoms with E-state index in [-0.39, 0.29) is 265 Å². The van der Waals surface area contributed by atoms with E-state index in [2.05, 4.69) is 0 Å². The number of unbranched alkanes of at least 4 members (excludes halogenated alkanes) is 2. The Bertz CT molecular complexity index is 4500. The molecule has 0 unspecified atom stereocenters. The van der Waals surface area contributed by atoms with Crippen molar-refractivity contribution in [1.29, 1.82) is 0 Å². The van der Waals surface area contributed by atoms with Gasteiger partial charge in [0.25, 0.3) is 72.5 Å². The second-order valence-corrected chi connectivity index (χ2v) is 32.6. The van der Waals surface area contributed by atoms with Gasteiger partial charge in [0, 0.05) is 90.9 Å². The van der Waals surface area contributed by atoms with E-state index < -0.39 is 121 Å². The van der Waals surface area contributed by atoms with Gasteiger partial charge in [0.1, 0.15) is 22.9 Å². The third-order valence-corrected chi connectivity index (χ3v) is 21.3. The Labute approximate surface area is 704 Å². The normalized spacial score (nSPS) is 17.0. The molecule has 8 rings (SSSR count). The number of hydrogen-bond acceptors (Lipinski definition) is 19. The predicted octanol–water partition coefficient (Wildman–Crippen LogP) is -10.5. The van der Waals surface area contributed by atoms with Crippen molar-refractivity contribution in [1.82, 2.24) is 5.06 Å². The molecule has 3 heterocycles. The summed E-state index contributed by atoms with van der Waals surface area (Å²) in [6.45, 7) is 7.79. The molecule has 500 valence electrons. The molecule has 4 aromatic rings. The van der Waals surface area contributed by atoms with Crippen molar-refractivity contribution in [3.8, 4) is 5.75 Å². The molecule has 4 aromatic carbocycles. The Morgan fingerprint density at radius 2 is 1.16 bits per heavy atom. The summed E-state index contributed by atoms with van der Waals surface area (Å²) < 4.78 is 215. The van der Waals surface area contributed by atoms with Crippen molar-refractivity contribution in [2.45, 2.75) is 130 Å². The maximum Gasteiger partial charge on any atom is 1.00 e. The number of carbonyl (C=O) groups excluding carboxylic acids is 3. The molecule has 39 heteroatoms. The monoisotopic (exact) mass is 1530 g/mol. The molecule has 4 aliphatic rings. The number of amides is 2. The first-order valence-electron chi connectivity index (χ1n) is 29.0. The van der Waals surface area contributed by atoms with Gasteiger partial charge in [0.05, 0.1) is 32.5 Å². The number of benzene rings is 4. The first-order valence-corrected chi connectivity index (χ1v) is 38.2. The Balaban J connectivity index is 0.00000544. The number of hydrogen-bond donors (Lipinski definition) is 6. The minimum absolute atomic E-state index is 0. The number of fused-ring (bicyclic) bond motifs is 4. The maximum absolute atomic E-state index is 12.9. The van der Waals surface area contributed by atoms with Crippen LogP contribution < -0.4 is 192 Å². The molecule has 6 N–H and O–H groups in total. The Hall–Kier alpha value is -0.760. The Morgan fingerprint density at radius 1 is 0.592 bits per heavy atom. The van der Waals surface area contributed by atoms with E-state index in [1.165, 1.54) is 18.2 Å². The summed E-state index contributed by atoms with van der Waals surface area (Å²) in [4.78, 5) is 43.5. The summed E-state index contributed by atoms with van der Waals surface area (Å²) in [5.41, 5.74) is 3.07. The maximum atomic E-state index is 12.9. The fourth-order valence-corrected chi connectivity index (χ4v) is 15.3. The fraction of sp³-hybridized carbons (Fsp3) is 0.424. The zero-order valence-electron chi connectivity index (χ0n) is 56.5. The number of anilines is 2. The number of rotatable bonds is 28. The van der Waals surface area contributed by atoms with E-state index in [1.807, 2.05) is 41.5 Å². The van der Waals surface area contributed by atoms with E-state index in [0.717, 1.165) is 18.2 Å². The standard InChI is InChI=1S/C59H70N4O23S6.6Na/c1-58(2)47-36-41(60(29-9-33-87(67,68)69)30-10-34-88(70,71)72)17-23-48(47)61(32-11-35-89(73,74)75)51(58)25-15-39-12-8-13-40(57(39)85-42-18-20-43(21-19-42)90(76,77)78)16-26-52-59(3,4)56-46-37-44(91(79,80)81)38-50(92(82,83)84)45(46)22-24-49(56)62(52)31-7-5-6-14-55(66)86-63-53(64)27-28-54(63)65;;;;;;/h15-26,36-38H,5-14,27-35H2,1-4H3,(H5-,67,68,69,70,71,72,73,74,75,76,77,78,79,80,81,82,83,84);;;;;;/q;6*+1/p+1. The van der Waals surface area contributed by atoms with Gasteiger partial charge in [-0.1, -0.05) is 19.9 Å². The van der Waals surface area contributed by atoms with Crippen molar-refractivity contribution in [2.75, 3.05) is 53.2 Å². The number of imide groups is 1. The molecular weight excluding hydrogens is 1460 g/mol. The van der Waals surface area contributed by atoms with Crippen molar-refractivity contribution in [3.63, 3.8) is 0 Å². The van der Waals surface area contributed by atoms with Gasteiger partial charge in [-0.15, -0.1) is 5.06 Å². The van der Waals surface area contributed by atoms with Crippen LogP contribution >= 0.6 is 0 Å². The third kappa shape index (κ3) is 24.1. The molecule has 98 heavy (non-hydrogen) atoms. The van der Waals surface area contributed by atoms with E-state index in [0.29, 0.717) is 99.7 Å². The second-order valence-electron chi connectivity index (χ2n) is 23.7. The predicted molar refractivity (Wildman–Crippen MR) is 337 cm³/mol. The molecule has 0 spiro atoms. The summed E-state index contributed by atoms with van der Waals surface area (Å²) in [7, 11) is -28.0. The summed E-state index contributed by atoms with van der Waals surface area (Å²) in [5, 5.41) is 0.464. The van der Waals surface area contributed by atoms with E-state index in [1.54, 1.807) is 49.1 Å². The van der Waals surface area contributed by atoms with E-state index in [4.69, 9.17) is 9.57 Å². The largest absolute Gasteiger partial charge is 1.00 e. The molecule has 2 amide bonds. The van der Waals surface area contributed by atoms with Crippen LogP contribution in [0.25, 0.3) is 10.8 Å². The van der Waals surface area contributed by atoms with Crippen LogP contribution in [0.3, 0.4) is 0 Å². The van der Waals surface area contributed by atoms with Crippen LogP contribution in [0, 0.1) is 0 Å². The topological polar surface area (TPSA) is 409 Å². The van der Waals surface area contributed by atoms with Gasteiger partial charge in [0.15, 0.2) is 5.71 Å². The number of carbonyl (C=O) groups is 3. The molecule has 1 fully saturated rings. The summed E-state index contributed by atoms with van der Waals surface area (Å²) in [6, 6.07) is 15.0. The Kier molecular flexibility index (Phi) is 35.9. The van der Waals surface area contributed by atoms with Crippen LogP contribution in [-0.4, -0.2) is 154 Å². The van der Waals surface area contributed by atoms with Gasteiger partial charge >= 0.3 is 183 Å². The van der Waals surface area contributed by atoms with Gasteiger partial charge in [-0.05, 0) is 160 Å². The van der Waals surface area contributed by atoms with Gasteiger partial charge in [-0.3, -0.25) is 36.9 Å². The van der Waals surface area contributed by atoms with Gasteiger partial charge in [-0.25, -0.2) is 4.79 Å². The van der Waals surface area contributed by atoms with Crippen LogP contribution in [0.2, 0.25) is 0 Å². The zero-order valence-corrected chi connectivity index (χ0v) is 73.4. The Morgan fingerprint density at radius 3 is 1.71 bits per heavy atom. The van der Waals surface area contributed by atoms with Crippen LogP contribution in [0.5, 0.6) is 5.75 Å². The number of ether oxygens (including phenoxy) is 1. The van der Waals surface area contributed by atoms with Gasteiger partial charge < -0.3 is 19.4 Å². The quantitative estimate of drug-likeness (QED) is 0.0101. The molecule has 0 atom stereocenters. The fourth-order valence-electron chi connectivity index (χ4n) is 12.0. The first kappa shape index (κ1) is 93.3. The molecular formula is C59H71N4Na6O23S6+7. The van der Waals surface area contributed by atoms with Crippen LogP contribution in [-0.2, 0) is 90.8 Å². The number of nitrogens with zero attached hydrogens (tertiary/aromatic N) is 4. The zero-order chi connectivity index (χ0) is 67.7. The summed E-state index contributed by atoms with van der Waals surface area (Å²) >= 11 is 0. The average Bonchev–Trinajstić information content (AvgIpc) is 1.52. The molecule has 0 radical (unpaired) electrons. The van der Waals surface area contributed by atoms with Crippen molar-refractivity contribution in [3.05, 3.63) is 125 Å². The molecule has 3 aliphatic heterocycles. The average molecular weight is 1530 g/mol. The molecule has 0 aromatic heterocycles. The molecule has 1 saturated heterocycles. The van der Waals surface area contributed by atoms with Gasteiger partial charge in [-0.2, -0.15) is 55.1 Å². The van der Waals surface area contributed by atoms with Crippen molar-refractivity contribution < 1.29 is 284 Å². The smallest absolute Gasteiger partial charge is 0.457 e. The first-order chi connectivity index (χ1) is 42.6. The summed E-state index contributed by atoms with van der Waals surface area (Å²) in [5.74, 6) is -3.40. The van der Waals surface area contributed by atoms with E-state index in [9.17, 15) is 92.2 Å².